The predicted molar refractivity (Wildman–Crippen MR) is 165 cm³/mol. The summed E-state index contributed by atoms with van der Waals surface area (Å²) >= 11 is 0. The van der Waals surface area contributed by atoms with E-state index in [-0.39, 0.29) is 17.8 Å². The number of nitrogens with zero attached hydrogens (tertiary/aromatic N) is 3. The molecule has 1 aliphatic heterocycles. The van der Waals surface area contributed by atoms with Crippen molar-refractivity contribution in [1.82, 2.24) is 14.5 Å². The lowest BCUT2D eigenvalue weighted by atomic mass is 10.1. The summed E-state index contributed by atoms with van der Waals surface area (Å²) < 4.78 is 13.0. The number of ether oxygens (including phenoxy) is 2. The Bertz CT molecular complexity index is 1590. The molecule has 0 bridgehead atoms. The molecule has 4 aromatic rings. The van der Waals surface area contributed by atoms with Gasteiger partial charge in [0.25, 0.3) is 5.91 Å². The van der Waals surface area contributed by atoms with Crippen molar-refractivity contribution in [1.29, 1.82) is 5.41 Å². The van der Waals surface area contributed by atoms with E-state index in [4.69, 9.17) is 31.3 Å². The summed E-state index contributed by atoms with van der Waals surface area (Å²) in [6.45, 7) is 2.55. The van der Waals surface area contributed by atoms with Crippen molar-refractivity contribution in [2.45, 2.75) is 44.9 Å². The van der Waals surface area contributed by atoms with Gasteiger partial charge in [0, 0.05) is 43.8 Å². The van der Waals surface area contributed by atoms with E-state index in [1.54, 1.807) is 17.0 Å². The van der Waals surface area contributed by atoms with E-state index >= 15 is 0 Å². The Kier molecular flexibility index (Phi) is 9.48. The Morgan fingerprint density at radius 2 is 1.72 bits per heavy atom. The third-order valence-electron chi connectivity index (χ3n) is 7.82. The van der Waals surface area contributed by atoms with Gasteiger partial charge in [-0.1, -0.05) is 36.4 Å². The van der Waals surface area contributed by atoms with Crippen molar-refractivity contribution >= 4 is 28.7 Å². The number of amidine groups is 1. The second kappa shape index (κ2) is 13.6. The molecule has 10 heteroatoms. The van der Waals surface area contributed by atoms with Crippen molar-refractivity contribution in [2.75, 3.05) is 26.8 Å². The van der Waals surface area contributed by atoms with Crippen LogP contribution in [0.4, 0.5) is 0 Å². The van der Waals surface area contributed by atoms with Gasteiger partial charge in [0.2, 0.25) is 0 Å². The van der Waals surface area contributed by atoms with E-state index in [0.717, 1.165) is 53.9 Å². The minimum Gasteiger partial charge on any atom is -0.465 e. The maximum absolute atomic E-state index is 13.7. The van der Waals surface area contributed by atoms with Gasteiger partial charge in [-0.3, -0.25) is 10.2 Å². The maximum Gasteiger partial charge on any atom is 0.337 e. The van der Waals surface area contributed by atoms with Crippen molar-refractivity contribution in [3.8, 4) is 0 Å². The highest BCUT2D eigenvalue weighted by atomic mass is 16.5. The fourth-order valence-corrected chi connectivity index (χ4v) is 5.48. The molecule has 1 aliphatic rings. The molecular formula is C33H38N6O4. The first-order valence-corrected chi connectivity index (χ1v) is 14.6. The van der Waals surface area contributed by atoms with Gasteiger partial charge in [-0.15, -0.1) is 0 Å². The van der Waals surface area contributed by atoms with Crippen LogP contribution in [0.1, 0.15) is 56.1 Å². The first-order valence-electron chi connectivity index (χ1n) is 14.6. The highest BCUT2D eigenvalue weighted by molar-refractivity contribution is 5.97. The van der Waals surface area contributed by atoms with Gasteiger partial charge >= 0.3 is 5.97 Å². The van der Waals surface area contributed by atoms with Crippen LogP contribution in [0.25, 0.3) is 11.0 Å². The number of hydrogen-bond acceptors (Lipinski definition) is 7. The number of carbonyl (C=O) groups is 2. The Balaban J connectivity index is 1.38. The Morgan fingerprint density at radius 3 is 2.37 bits per heavy atom. The van der Waals surface area contributed by atoms with Crippen LogP contribution in [0.15, 0.2) is 66.7 Å². The fourth-order valence-electron chi connectivity index (χ4n) is 5.48. The van der Waals surface area contributed by atoms with Crippen LogP contribution in [0, 0.1) is 5.41 Å². The molecule has 10 nitrogen and oxygen atoms in total. The van der Waals surface area contributed by atoms with Crippen molar-refractivity contribution in [3.63, 3.8) is 0 Å². The number of methoxy groups -OCH3 is 1. The lowest BCUT2D eigenvalue weighted by Crippen LogP contribution is -2.34. The number of amides is 1. The number of hydrogen-bond donors (Lipinski definition) is 3. The van der Waals surface area contributed by atoms with Crippen LogP contribution in [0.2, 0.25) is 0 Å². The molecule has 2 heterocycles. The van der Waals surface area contributed by atoms with Gasteiger partial charge in [0.15, 0.2) is 0 Å². The standard InChI is InChI=1S/C33H38N6O4/c1-42-33(41)25-11-6-23(7-12-25)20-38(17-16-34)32(40)26-13-14-29-28(19-26)37-30(39(29)21-27-3-2-18-43-27)15-8-22-4-9-24(10-5-22)31(35)36/h4-7,9-14,19,27H,2-3,8,15-18,20-21,34H2,1H3,(H3,35,36). The number of imidazole rings is 1. The molecule has 0 aliphatic carbocycles. The van der Waals surface area contributed by atoms with Crippen LogP contribution in [-0.4, -0.2) is 65.1 Å². The molecule has 1 unspecified atom stereocenters. The second-order valence-electron chi connectivity index (χ2n) is 10.8. The molecule has 1 atom stereocenters. The summed E-state index contributed by atoms with van der Waals surface area (Å²) in [5.74, 6) is 0.455. The lowest BCUT2D eigenvalue weighted by molar-refractivity contribution is 0.0600. The molecule has 1 aromatic heterocycles. The summed E-state index contributed by atoms with van der Waals surface area (Å²) in [4.78, 5) is 32.2. The Labute approximate surface area is 251 Å². The normalized spacial score (nSPS) is 14.6. The average Bonchev–Trinajstić information content (AvgIpc) is 3.67. The largest absolute Gasteiger partial charge is 0.465 e. The summed E-state index contributed by atoms with van der Waals surface area (Å²) in [5, 5.41) is 7.62. The van der Waals surface area contributed by atoms with Crippen LogP contribution < -0.4 is 11.5 Å². The van der Waals surface area contributed by atoms with E-state index in [0.29, 0.717) is 49.3 Å². The first-order chi connectivity index (χ1) is 20.9. The number of benzene rings is 3. The van der Waals surface area contributed by atoms with Crippen LogP contribution in [0.3, 0.4) is 0 Å². The summed E-state index contributed by atoms with van der Waals surface area (Å²) in [7, 11) is 1.35. The monoisotopic (exact) mass is 582 g/mol. The molecule has 1 fully saturated rings. The third kappa shape index (κ3) is 7.10. The highest BCUT2D eigenvalue weighted by Gasteiger charge is 2.22. The van der Waals surface area contributed by atoms with E-state index in [1.807, 2.05) is 54.6 Å². The molecule has 0 saturated carbocycles. The SMILES string of the molecule is COC(=O)c1ccc(CN(CCN)C(=O)c2ccc3c(c2)nc(CCc2ccc(C(=N)N)cc2)n3CC2CCCO2)cc1. The van der Waals surface area contributed by atoms with E-state index in [9.17, 15) is 9.59 Å². The van der Waals surface area contributed by atoms with E-state index in [1.165, 1.54) is 7.11 Å². The quantitative estimate of drug-likeness (QED) is 0.131. The molecule has 43 heavy (non-hydrogen) atoms. The third-order valence-corrected chi connectivity index (χ3v) is 7.82. The summed E-state index contributed by atoms with van der Waals surface area (Å²) in [6.07, 6.45) is 3.69. The molecule has 3 aromatic carbocycles. The molecule has 0 radical (unpaired) electrons. The maximum atomic E-state index is 13.7. The molecule has 1 amide bonds. The molecule has 0 spiro atoms. The Hall–Kier alpha value is -4.54. The molecule has 224 valence electrons. The van der Waals surface area contributed by atoms with E-state index < -0.39 is 5.97 Å². The van der Waals surface area contributed by atoms with Crippen LogP contribution >= 0.6 is 0 Å². The average molecular weight is 583 g/mol. The number of fused-ring (bicyclic) bond motifs is 1. The first kappa shape index (κ1) is 29.9. The van der Waals surface area contributed by atoms with Crippen molar-refractivity contribution in [2.24, 2.45) is 11.5 Å². The van der Waals surface area contributed by atoms with Gasteiger partial charge in [0.05, 0.1) is 36.4 Å². The van der Waals surface area contributed by atoms with Gasteiger partial charge in [-0.05, 0) is 60.7 Å². The summed E-state index contributed by atoms with van der Waals surface area (Å²) in [5.41, 5.74) is 16.9. The second-order valence-corrected chi connectivity index (χ2v) is 10.8. The molecule has 5 N–H and O–H groups in total. The molecule has 1 saturated heterocycles. The van der Waals surface area contributed by atoms with Crippen LogP contribution in [-0.2, 0) is 35.4 Å². The predicted octanol–water partition coefficient (Wildman–Crippen LogP) is 3.67. The van der Waals surface area contributed by atoms with Crippen molar-refractivity contribution in [3.05, 3.63) is 100 Å². The minimum absolute atomic E-state index is 0.0526. The van der Waals surface area contributed by atoms with Gasteiger partial charge in [0.1, 0.15) is 11.7 Å². The number of nitrogens with two attached hydrogens (primary N) is 2. The smallest absolute Gasteiger partial charge is 0.337 e. The lowest BCUT2D eigenvalue weighted by Gasteiger charge is -2.22. The number of rotatable bonds is 12. The fraction of sp³-hybridized carbons (Fsp3) is 0.333. The van der Waals surface area contributed by atoms with Crippen LogP contribution in [0.5, 0.6) is 0 Å². The number of aryl methyl sites for hydroxylation is 2. The number of esters is 1. The summed E-state index contributed by atoms with van der Waals surface area (Å²) in [6, 6.07) is 20.4. The number of aromatic nitrogens is 2. The molecule has 5 rings (SSSR count). The molecular weight excluding hydrogens is 544 g/mol. The number of carbonyl (C=O) groups excluding carboxylic acids is 2. The van der Waals surface area contributed by atoms with Gasteiger partial charge in [-0.25, -0.2) is 9.78 Å². The number of nitrogens with one attached hydrogen (secondary N) is 1. The highest BCUT2D eigenvalue weighted by Crippen LogP contribution is 2.24. The van der Waals surface area contributed by atoms with Gasteiger partial charge in [-0.2, -0.15) is 0 Å². The Morgan fingerprint density at radius 1 is 1.02 bits per heavy atom. The van der Waals surface area contributed by atoms with Gasteiger partial charge < -0.3 is 30.4 Å². The van der Waals surface area contributed by atoms with Crippen molar-refractivity contribution < 1.29 is 19.1 Å². The zero-order valence-corrected chi connectivity index (χ0v) is 24.4. The topological polar surface area (TPSA) is 150 Å². The van der Waals surface area contributed by atoms with E-state index in [2.05, 4.69) is 4.57 Å². The number of nitrogen functional groups attached to an aromatic ring is 1. The minimum atomic E-state index is -0.404. The zero-order chi connectivity index (χ0) is 30.3. The zero-order valence-electron chi connectivity index (χ0n) is 24.4.